The van der Waals surface area contributed by atoms with Gasteiger partial charge in [-0.25, -0.2) is 0 Å². The van der Waals surface area contributed by atoms with Crippen LogP contribution in [0.25, 0.3) is 11.0 Å². The molecule has 0 fully saturated rings. The van der Waals surface area contributed by atoms with Gasteiger partial charge in [0.25, 0.3) is 0 Å². The fourth-order valence-corrected chi connectivity index (χ4v) is 4.32. The van der Waals surface area contributed by atoms with Gasteiger partial charge >= 0.3 is 0 Å². The van der Waals surface area contributed by atoms with Crippen molar-refractivity contribution < 1.29 is 9.32 Å². The molecule has 4 rings (SSSR count). The van der Waals surface area contributed by atoms with Gasteiger partial charge in [0.2, 0.25) is 5.91 Å². The normalized spacial score (nSPS) is 11.1. The summed E-state index contributed by atoms with van der Waals surface area (Å²) in [6.45, 7) is 1.34. The van der Waals surface area contributed by atoms with E-state index in [9.17, 15) is 4.79 Å². The summed E-state index contributed by atoms with van der Waals surface area (Å²) in [5.74, 6) is 0.0778. The molecule has 4 aromatic rings. The van der Waals surface area contributed by atoms with E-state index in [2.05, 4.69) is 22.7 Å². The lowest BCUT2D eigenvalue weighted by Gasteiger charge is -2.21. The van der Waals surface area contributed by atoms with Gasteiger partial charge in [-0.1, -0.05) is 29.4 Å². The van der Waals surface area contributed by atoms with Gasteiger partial charge in [0.1, 0.15) is 5.69 Å². The zero-order chi connectivity index (χ0) is 17.8. The van der Waals surface area contributed by atoms with Crippen LogP contribution in [0.2, 0.25) is 0 Å². The fourth-order valence-electron chi connectivity index (χ4n) is 2.90. The number of rotatable bonds is 7. The molecule has 0 unspecified atom stereocenters. The summed E-state index contributed by atoms with van der Waals surface area (Å²) in [5, 5.41) is 9.13. The van der Waals surface area contributed by atoms with Crippen molar-refractivity contribution in [3.8, 4) is 0 Å². The van der Waals surface area contributed by atoms with Crippen LogP contribution in [0, 0.1) is 0 Å². The van der Waals surface area contributed by atoms with Crippen LogP contribution in [-0.2, 0) is 24.2 Å². The van der Waals surface area contributed by atoms with Crippen molar-refractivity contribution in [1.82, 2.24) is 10.1 Å². The van der Waals surface area contributed by atoms with E-state index in [0.717, 1.165) is 17.4 Å². The maximum Gasteiger partial charge on any atom is 0.229 e. The summed E-state index contributed by atoms with van der Waals surface area (Å²) in [5.41, 5.74) is 1.43. The summed E-state index contributed by atoms with van der Waals surface area (Å²) in [6, 6.07) is 15.9. The van der Waals surface area contributed by atoms with E-state index in [4.69, 9.17) is 4.52 Å². The maximum atomic E-state index is 13.0. The first-order valence-corrected chi connectivity index (χ1v) is 10.2. The third-order valence-corrected chi connectivity index (χ3v) is 6.06. The zero-order valence-electron chi connectivity index (χ0n) is 14.1. The van der Waals surface area contributed by atoms with Gasteiger partial charge in [0.15, 0.2) is 5.58 Å². The molecular formula is C20H18N2O2S2. The quantitative estimate of drug-likeness (QED) is 0.463. The molecule has 1 amide bonds. The molecule has 0 aliphatic rings. The van der Waals surface area contributed by atoms with E-state index in [0.29, 0.717) is 18.8 Å². The van der Waals surface area contributed by atoms with E-state index in [1.807, 2.05) is 46.7 Å². The number of para-hydroxylation sites is 1. The summed E-state index contributed by atoms with van der Waals surface area (Å²) < 4.78 is 5.34. The third-order valence-electron chi connectivity index (χ3n) is 4.26. The average Bonchev–Trinajstić information content (AvgIpc) is 3.41. The van der Waals surface area contributed by atoms with Crippen LogP contribution in [0.3, 0.4) is 0 Å². The van der Waals surface area contributed by atoms with Crippen LogP contribution in [0.5, 0.6) is 0 Å². The Morgan fingerprint density at radius 3 is 2.54 bits per heavy atom. The van der Waals surface area contributed by atoms with E-state index in [-0.39, 0.29) is 12.3 Å². The van der Waals surface area contributed by atoms with E-state index >= 15 is 0 Å². The van der Waals surface area contributed by atoms with Crippen LogP contribution in [0.1, 0.15) is 15.4 Å². The van der Waals surface area contributed by atoms with Gasteiger partial charge in [0.05, 0.1) is 13.0 Å². The molecule has 3 aromatic heterocycles. The molecule has 0 aliphatic carbocycles. The number of amides is 1. The van der Waals surface area contributed by atoms with Crippen molar-refractivity contribution in [1.29, 1.82) is 0 Å². The van der Waals surface area contributed by atoms with Crippen molar-refractivity contribution in [2.75, 3.05) is 6.54 Å². The number of hydrogen-bond acceptors (Lipinski definition) is 5. The Labute approximate surface area is 159 Å². The second kappa shape index (κ2) is 7.85. The Morgan fingerprint density at radius 2 is 1.77 bits per heavy atom. The second-order valence-corrected chi connectivity index (χ2v) is 8.09. The topological polar surface area (TPSA) is 46.3 Å². The molecule has 26 heavy (non-hydrogen) atoms. The average molecular weight is 383 g/mol. The molecule has 132 valence electrons. The van der Waals surface area contributed by atoms with Crippen LogP contribution in [0.4, 0.5) is 0 Å². The lowest BCUT2D eigenvalue weighted by molar-refractivity contribution is -0.131. The Balaban J connectivity index is 1.50. The van der Waals surface area contributed by atoms with Crippen molar-refractivity contribution >= 4 is 39.5 Å². The summed E-state index contributed by atoms with van der Waals surface area (Å²) in [4.78, 5) is 17.4. The SMILES string of the molecule is O=C(Cc1noc2ccccc12)N(CCc1cccs1)Cc1cccs1. The Hall–Kier alpha value is -2.44. The van der Waals surface area contributed by atoms with E-state index in [1.165, 1.54) is 9.75 Å². The van der Waals surface area contributed by atoms with Gasteiger partial charge in [-0.15, -0.1) is 22.7 Å². The van der Waals surface area contributed by atoms with Gasteiger partial charge in [-0.2, -0.15) is 0 Å². The first-order chi connectivity index (χ1) is 12.8. The predicted molar refractivity (Wildman–Crippen MR) is 105 cm³/mol. The molecular weight excluding hydrogens is 364 g/mol. The number of hydrogen-bond donors (Lipinski definition) is 0. The van der Waals surface area contributed by atoms with Gasteiger partial charge < -0.3 is 9.42 Å². The molecule has 0 saturated heterocycles. The Kier molecular flexibility index (Phi) is 5.13. The number of carbonyl (C=O) groups excluding carboxylic acids is 1. The Morgan fingerprint density at radius 1 is 1.00 bits per heavy atom. The number of aromatic nitrogens is 1. The molecule has 0 radical (unpaired) electrons. The number of fused-ring (bicyclic) bond motifs is 1. The highest BCUT2D eigenvalue weighted by atomic mass is 32.1. The minimum atomic E-state index is 0.0778. The molecule has 0 bridgehead atoms. The van der Waals surface area contributed by atoms with Crippen molar-refractivity contribution in [3.63, 3.8) is 0 Å². The van der Waals surface area contributed by atoms with Crippen LogP contribution >= 0.6 is 22.7 Å². The van der Waals surface area contributed by atoms with Gasteiger partial charge in [-0.05, 0) is 41.4 Å². The molecule has 3 heterocycles. The van der Waals surface area contributed by atoms with E-state index in [1.54, 1.807) is 22.7 Å². The standard InChI is InChI=1S/C20H18N2O2S2/c23-20(13-18-17-7-1-2-8-19(17)24-21-18)22(14-16-6-4-12-26-16)10-9-15-5-3-11-25-15/h1-8,11-12H,9-10,13-14H2. The number of carbonyl (C=O) groups is 1. The van der Waals surface area contributed by atoms with Crippen molar-refractivity contribution in [2.24, 2.45) is 0 Å². The molecule has 0 N–H and O–H groups in total. The summed E-state index contributed by atoms with van der Waals surface area (Å²) >= 11 is 3.41. The van der Waals surface area contributed by atoms with E-state index < -0.39 is 0 Å². The highest BCUT2D eigenvalue weighted by molar-refractivity contribution is 7.10. The number of thiophene rings is 2. The second-order valence-electron chi connectivity index (χ2n) is 6.03. The number of nitrogens with zero attached hydrogens (tertiary/aromatic N) is 2. The molecule has 0 aliphatic heterocycles. The minimum absolute atomic E-state index is 0.0778. The third kappa shape index (κ3) is 3.86. The smallest absolute Gasteiger partial charge is 0.229 e. The van der Waals surface area contributed by atoms with Crippen LogP contribution in [-0.4, -0.2) is 22.5 Å². The fraction of sp³-hybridized carbons (Fsp3) is 0.200. The Bertz CT molecular complexity index is 975. The predicted octanol–water partition coefficient (Wildman–Crippen LogP) is 4.76. The highest BCUT2D eigenvalue weighted by Crippen LogP contribution is 2.20. The van der Waals surface area contributed by atoms with Crippen molar-refractivity contribution in [3.05, 3.63) is 74.7 Å². The van der Waals surface area contributed by atoms with Gasteiger partial charge in [-0.3, -0.25) is 4.79 Å². The maximum absolute atomic E-state index is 13.0. The first-order valence-electron chi connectivity index (χ1n) is 8.45. The molecule has 4 nitrogen and oxygen atoms in total. The molecule has 0 saturated carbocycles. The monoisotopic (exact) mass is 382 g/mol. The highest BCUT2D eigenvalue weighted by Gasteiger charge is 2.19. The van der Waals surface area contributed by atoms with Gasteiger partial charge in [0, 0.05) is 21.7 Å². The number of benzene rings is 1. The zero-order valence-corrected chi connectivity index (χ0v) is 15.8. The molecule has 1 aromatic carbocycles. The van der Waals surface area contributed by atoms with Crippen molar-refractivity contribution in [2.45, 2.75) is 19.4 Å². The molecule has 0 atom stereocenters. The lowest BCUT2D eigenvalue weighted by atomic mass is 10.1. The van der Waals surface area contributed by atoms with Crippen LogP contribution < -0.4 is 0 Å². The minimum Gasteiger partial charge on any atom is -0.356 e. The lowest BCUT2D eigenvalue weighted by Crippen LogP contribution is -2.33. The first kappa shape index (κ1) is 17.0. The molecule has 0 spiro atoms. The largest absolute Gasteiger partial charge is 0.356 e. The summed E-state index contributed by atoms with van der Waals surface area (Å²) in [7, 11) is 0. The van der Waals surface area contributed by atoms with Crippen LogP contribution in [0.15, 0.2) is 63.8 Å². The molecule has 6 heteroatoms. The summed E-state index contributed by atoms with van der Waals surface area (Å²) in [6.07, 6.45) is 1.13.